The van der Waals surface area contributed by atoms with Crippen LogP contribution < -0.4 is 0 Å². The van der Waals surface area contributed by atoms with Gasteiger partial charge in [-0.25, -0.2) is 0 Å². The molecule has 0 saturated heterocycles. The maximum absolute atomic E-state index is 10.4. The molecule has 0 aliphatic heterocycles. The summed E-state index contributed by atoms with van der Waals surface area (Å²) in [5.74, 6) is -0.0964. The van der Waals surface area contributed by atoms with Crippen molar-refractivity contribution in [3.8, 4) is 0 Å². The van der Waals surface area contributed by atoms with Crippen LogP contribution in [-0.4, -0.2) is 31.7 Å². The Balaban J connectivity index is 0. The Morgan fingerprint density at radius 3 is 1.75 bits per heavy atom. The third-order valence-electron chi connectivity index (χ3n) is 2.05. The van der Waals surface area contributed by atoms with Gasteiger partial charge in [-0.3, -0.25) is 9.11 Å². The molecule has 0 aliphatic carbocycles. The van der Waals surface area contributed by atoms with Crippen LogP contribution in [0.15, 0.2) is 35.2 Å². The quantitative estimate of drug-likeness (QED) is 0.481. The van der Waals surface area contributed by atoms with Crippen molar-refractivity contribution < 1.29 is 25.9 Å². The summed E-state index contributed by atoms with van der Waals surface area (Å²) < 4.78 is 57.6. The van der Waals surface area contributed by atoms with E-state index in [0.717, 1.165) is 12.8 Å². The molecule has 1 aromatic rings. The first-order chi connectivity index (χ1) is 8.67. The van der Waals surface area contributed by atoms with Gasteiger partial charge in [0, 0.05) is 0 Å². The third kappa shape index (κ3) is 12.5. The molecule has 2 N–H and O–H groups in total. The van der Waals surface area contributed by atoms with E-state index in [4.69, 9.17) is 9.11 Å². The van der Waals surface area contributed by atoms with Crippen LogP contribution in [0.4, 0.5) is 0 Å². The maximum atomic E-state index is 10.4. The van der Waals surface area contributed by atoms with Crippen LogP contribution in [-0.2, 0) is 20.2 Å². The van der Waals surface area contributed by atoms with E-state index < -0.39 is 20.2 Å². The van der Waals surface area contributed by atoms with Gasteiger partial charge in [0.15, 0.2) is 0 Å². The standard InChI is InChI=1S/C6H6O3S.C5H12O3S.H3P/c7-10(8,9)6-4-2-1-3-5-6;1-2-3-4-5-9(6,7)8;/h1-5H,(H,7,8,9);2-5H2,1H3,(H,6,7,8);1H3. The number of hydrogen-bond acceptors (Lipinski definition) is 4. The van der Waals surface area contributed by atoms with Crippen molar-refractivity contribution in [3.05, 3.63) is 30.3 Å². The smallest absolute Gasteiger partial charge is 0.286 e. The van der Waals surface area contributed by atoms with Gasteiger partial charge in [0.25, 0.3) is 20.2 Å². The molecule has 0 fully saturated rings. The lowest BCUT2D eigenvalue weighted by Gasteiger charge is -1.92. The largest absolute Gasteiger partial charge is 0.294 e. The molecule has 1 aromatic carbocycles. The Bertz CT molecular complexity index is 554. The summed E-state index contributed by atoms with van der Waals surface area (Å²) in [7, 11) is -7.70. The van der Waals surface area contributed by atoms with Crippen molar-refractivity contribution in [3.63, 3.8) is 0 Å². The molecule has 0 aliphatic rings. The summed E-state index contributed by atoms with van der Waals surface area (Å²) in [5.41, 5.74) is 0. The lowest BCUT2D eigenvalue weighted by molar-refractivity contribution is 0.478. The van der Waals surface area contributed by atoms with Gasteiger partial charge < -0.3 is 0 Å². The first-order valence-electron chi connectivity index (χ1n) is 5.64. The predicted octanol–water partition coefficient (Wildman–Crippen LogP) is 2.06. The van der Waals surface area contributed by atoms with Gasteiger partial charge in [0.2, 0.25) is 0 Å². The minimum Gasteiger partial charge on any atom is -0.286 e. The van der Waals surface area contributed by atoms with Gasteiger partial charge in [0.05, 0.1) is 10.6 Å². The van der Waals surface area contributed by atoms with Gasteiger partial charge in [0.1, 0.15) is 0 Å². The topological polar surface area (TPSA) is 109 Å². The molecule has 0 amide bonds. The van der Waals surface area contributed by atoms with E-state index in [1.54, 1.807) is 18.2 Å². The fourth-order valence-electron chi connectivity index (χ4n) is 1.13. The Morgan fingerprint density at radius 1 is 0.950 bits per heavy atom. The lowest BCUT2D eigenvalue weighted by Crippen LogP contribution is -2.02. The highest BCUT2D eigenvalue weighted by Gasteiger charge is 2.05. The first-order valence-corrected chi connectivity index (χ1v) is 8.69. The number of rotatable bonds is 5. The molecule has 0 spiro atoms. The Labute approximate surface area is 123 Å². The van der Waals surface area contributed by atoms with E-state index in [-0.39, 0.29) is 20.5 Å². The average Bonchev–Trinajstić information content (AvgIpc) is 2.29. The van der Waals surface area contributed by atoms with Crippen LogP contribution in [0.2, 0.25) is 0 Å². The monoisotopic (exact) mass is 344 g/mol. The minimum atomic E-state index is -4.00. The summed E-state index contributed by atoms with van der Waals surface area (Å²) in [6, 6.07) is 7.42. The molecule has 0 bridgehead atoms. The fraction of sp³-hybridized carbons (Fsp3) is 0.455. The molecular weight excluding hydrogens is 323 g/mol. The Morgan fingerprint density at radius 2 is 1.45 bits per heavy atom. The van der Waals surface area contributed by atoms with Gasteiger partial charge in [-0.2, -0.15) is 26.7 Å². The summed E-state index contributed by atoms with van der Waals surface area (Å²) in [6.07, 6.45) is 2.39. The van der Waals surface area contributed by atoms with Gasteiger partial charge in [-0.05, 0) is 18.6 Å². The minimum absolute atomic E-state index is 0. The van der Waals surface area contributed by atoms with Crippen molar-refractivity contribution >= 4 is 30.1 Å². The second kappa shape index (κ2) is 10.2. The molecule has 0 aromatic heterocycles. The van der Waals surface area contributed by atoms with E-state index in [1.807, 2.05) is 6.92 Å². The van der Waals surface area contributed by atoms with Crippen molar-refractivity contribution in [2.45, 2.75) is 31.1 Å². The number of benzene rings is 1. The second-order valence-electron chi connectivity index (χ2n) is 3.78. The van der Waals surface area contributed by atoms with E-state index in [2.05, 4.69) is 0 Å². The highest BCUT2D eigenvalue weighted by molar-refractivity contribution is 7.86. The molecule has 1 atom stereocenters. The summed E-state index contributed by atoms with van der Waals surface area (Å²) >= 11 is 0. The molecule has 1 unspecified atom stereocenters. The molecule has 6 nitrogen and oxygen atoms in total. The van der Waals surface area contributed by atoms with Crippen LogP contribution in [0.3, 0.4) is 0 Å². The van der Waals surface area contributed by atoms with Crippen LogP contribution in [0.5, 0.6) is 0 Å². The maximum Gasteiger partial charge on any atom is 0.294 e. The molecule has 20 heavy (non-hydrogen) atoms. The average molecular weight is 344 g/mol. The number of unbranched alkanes of at least 4 members (excludes halogenated alkanes) is 2. The van der Waals surface area contributed by atoms with E-state index in [0.29, 0.717) is 6.42 Å². The summed E-state index contributed by atoms with van der Waals surface area (Å²) in [6.45, 7) is 1.98. The highest BCUT2D eigenvalue weighted by Crippen LogP contribution is 2.05. The van der Waals surface area contributed by atoms with Gasteiger partial charge in [-0.15, -0.1) is 0 Å². The van der Waals surface area contributed by atoms with Crippen LogP contribution in [0.1, 0.15) is 26.2 Å². The fourth-order valence-corrected chi connectivity index (χ4v) is 2.20. The van der Waals surface area contributed by atoms with E-state index >= 15 is 0 Å². The highest BCUT2D eigenvalue weighted by atomic mass is 32.2. The zero-order valence-electron chi connectivity index (χ0n) is 11.3. The normalized spacial score (nSPS) is 10.9. The molecule has 0 saturated carbocycles. The van der Waals surface area contributed by atoms with Crippen LogP contribution >= 0.6 is 9.90 Å². The van der Waals surface area contributed by atoms with Crippen molar-refractivity contribution in [2.24, 2.45) is 0 Å². The zero-order chi connectivity index (χ0) is 14.9. The van der Waals surface area contributed by atoms with E-state index in [1.165, 1.54) is 12.1 Å². The zero-order valence-corrected chi connectivity index (χ0v) is 14.3. The molecule has 118 valence electrons. The molecular formula is C11H21O6PS2. The Kier molecular flexibility index (Phi) is 11.1. The van der Waals surface area contributed by atoms with E-state index in [9.17, 15) is 16.8 Å². The second-order valence-corrected chi connectivity index (χ2v) is 6.77. The lowest BCUT2D eigenvalue weighted by atomic mass is 10.3. The van der Waals surface area contributed by atoms with Crippen LogP contribution in [0.25, 0.3) is 0 Å². The third-order valence-corrected chi connectivity index (χ3v) is 3.72. The molecule has 9 heteroatoms. The summed E-state index contributed by atoms with van der Waals surface area (Å²) in [4.78, 5) is -0.0741. The molecule has 0 heterocycles. The number of hydrogen-bond donors (Lipinski definition) is 2. The van der Waals surface area contributed by atoms with Crippen molar-refractivity contribution in [1.29, 1.82) is 0 Å². The molecule has 0 radical (unpaired) electrons. The van der Waals surface area contributed by atoms with Crippen molar-refractivity contribution in [2.75, 3.05) is 5.75 Å². The molecule has 1 rings (SSSR count). The van der Waals surface area contributed by atoms with Crippen LogP contribution in [0, 0.1) is 0 Å². The van der Waals surface area contributed by atoms with Crippen molar-refractivity contribution in [1.82, 2.24) is 0 Å². The Hall–Kier alpha value is -0.530. The predicted molar refractivity (Wildman–Crippen MR) is 83.3 cm³/mol. The SMILES string of the molecule is CCCCCS(=O)(=O)O.O=S(=O)(O)c1ccccc1.P. The van der Waals surface area contributed by atoms with Gasteiger partial charge in [-0.1, -0.05) is 38.0 Å². The first kappa shape index (κ1) is 21.8. The van der Waals surface area contributed by atoms with Gasteiger partial charge >= 0.3 is 0 Å². The summed E-state index contributed by atoms with van der Waals surface area (Å²) in [5, 5.41) is 0.